The lowest BCUT2D eigenvalue weighted by atomic mass is 10.2. The molecule has 5 nitrogen and oxygen atoms in total. The normalized spacial score (nSPS) is 12.4. The average Bonchev–Trinajstić information content (AvgIpc) is 2.65. The summed E-state index contributed by atoms with van der Waals surface area (Å²) in [7, 11) is -3.73. The maximum atomic E-state index is 13.2. The number of benzene rings is 2. The fourth-order valence-electron chi connectivity index (χ4n) is 2.83. The quantitative estimate of drug-likeness (QED) is 0.545. The molecular weight excluding hydrogens is 435 g/mol. The molecular formula is C20H24ClFN2O3S2. The Balaban J connectivity index is 1.95. The Hall–Kier alpha value is -1.77. The van der Waals surface area contributed by atoms with Crippen molar-refractivity contribution in [2.75, 3.05) is 22.9 Å². The molecule has 0 aromatic heterocycles. The number of nitrogens with one attached hydrogen (secondary N) is 1. The number of nitrogens with zero attached hydrogens (tertiary/aromatic N) is 1. The van der Waals surface area contributed by atoms with Crippen molar-refractivity contribution in [3.8, 4) is 0 Å². The van der Waals surface area contributed by atoms with Crippen molar-refractivity contribution in [3.63, 3.8) is 0 Å². The van der Waals surface area contributed by atoms with E-state index in [-0.39, 0.29) is 18.0 Å². The second-order valence-electron chi connectivity index (χ2n) is 6.43. The number of carbonyl (C=O) groups is 1. The van der Waals surface area contributed by atoms with E-state index in [0.717, 1.165) is 21.9 Å². The van der Waals surface area contributed by atoms with Crippen LogP contribution in [0.5, 0.6) is 0 Å². The van der Waals surface area contributed by atoms with Crippen LogP contribution in [0.4, 0.5) is 10.1 Å². The van der Waals surface area contributed by atoms with E-state index in [0.29, 0.717) is 17.3 Å². The molecule has 29 heavy (non-hydrogen) atoms. The van der Waals surface area contributed by atoms with Crippen LogP contribution in [0, 0.1) is 5.82 Å². The van der Waals surface area contributed by atoms with E-state index in [1.165, 1.54) is 24.3 Å². The van der Waals surface area contributed by atoms with Gasteiger partial charge in [0.15, 0.2) is 0 Å². The van der Waals surface area contributed by atoms with E-state index < -0.39 is 21.9 Å². The third kappa shape index (κ3) is 7.21. The first kappa shape index (κ1) is 23.5. The van der Waals surface area contributed by atoms with Crippen molar-refractivity contribution in [1.29, 1.82) is 0 Å². The van der Waals surface area contributed by atoms with Gasteiger partial charge in [0, 0.05) is 23.1 Å². The molecule has 0 radical (unpaired) electrons. The summed E-state index contributed by atoms with van der Waals surface area (Å²) in [5, 5.41) is 3.48. The molecule has 0 bridgehead atoms. The van der Waals surface area contributed by atoms with E-state index in [4.69, 9.17) is 11.6 Å². The third-order valence-electron chi connectivity index (χ3n) is 4.11. The standard InChI is InChI=1S/C20H24ClFN2O3S2/c1-3-19(24(29(2,26)27)18-9-7-17(22)8-10-18)20(25)23-11-12-28-14-15-5-4-6-16(21)13-15/h4-10,13,19H,3,11-12,14H2,1-2H3,(H,23,25)/t19-/m1/s1. The second-order valence-corrected chi connectivity index (χ2v) is 9.83. The van der Waals surface area contributed by atoms with Crippen molar-refractivity contribution in [3.05, 3.63) is 64.9 Å². The molecule has 1 N–H and O–H groups in total. The summed E-state index contributed by atoms with van der Waals surface area (Å²) in [6.45, 7) is 2.14. The largest absolute Gasteiger partial charge is 0.353 e. The van der Waals surface area contributed by atoms with Crippen molar-refractivity contribution in [2.45, 2.75) is 25.1 Å². The molecule has 158 valence electrons. The molecule has 0 heterocycles. The van der Waals surface area contributed by atoms with Gasteiger partial charge in [-0.1, -0.05) is 30.7 Å². The molecule has 0 spiro atoms. The fraction of sp³-hybridized carbons (Fsp3) is 0.350. The maximum Gasteiger partial charge on any atom is 0.243 e. The molecule has 1 atom stereocenters. The predicted octanol–water partition coefficient (Wildman–Crippen LogP) is 4.07. The summed E-state index contributed by atoms with van der Waals surface area (Å²) in [5.74, 6) is 0.574. The Morgan fingerprint density at radius 1 is 1.24 bits per heavy atom. The smallest absolute Gasteiger partial charge is 0.243 e. The molecule has 0 saturated carbocycles. The lowest BCUT2D eigenvalue weighted by molar-refractivity contribution is -0.122. The first-order valence-electron chi connectivity index (χ1n) is 9.07. The zero-order valence-corrected chi connectivity index (χ0v) is 18.7. The summed E-state index contributed by atoms with van der Waals surface area (Å²) in [4.78, 5) is 12.7. The monoisotopic (exact) mass is 458 g/mol. The average molecular weight is 459 g/mol. The Labute approximate surface area is 180 Å². The Morgan fingerprint density at radius 2 is 1.93 bits per heavy atom. The van der Waals surface area contributed by atoms with Gasteiger partial charge in [-0.05, 0) is 48.4 Å². The minimum Gasteiger partial charge on any atom is -0.353 e. The molecule has 2 aromatic carbocycles. The SMILES string of the molecule is CC[C@H](C(=O)NCCSCc1cccc(Cl)c1)N(c1ccc(F)cc1)S(C)(=O)=O. The number of anilines is 1. The summed E-state index contributed by atoms with van der Waals surface area (Å²) in [6.07, 6.45) is 1.32. The van der Waals surface area contributed by atoms with Crippen LogP contribution in [0.1, 0.15) is 18.9 Å². The molecule has 0 saturated heterocycles. The first-order valence-corrected chi connectivity index (χ1v) is 12.5. The number of hydrogen-bond donors (Lipinski definition) is 1. The highest BCUT2D eigenvalue weighted by atomic mass is 35.5. The van der Waals surface area contributed by atoms with Gasteiger partial charge in [-0.2, -0.15) is 11.8 Å². The van der Waals surface area contributed by atoms with Gasteiger partial charge in [-0.3, -0.25) is 9.10 Å². The van der Waals surface area contributed by atoms with E-state index in [2.05, 4.69) is 5.32 Å². The summed E-state index contributed by atoms with van der Waals surface area (Å²) in [6, 6.07) is 11.7. The highest BCUT2D eigenvalue weighted by Crippen LogP contribution is 2.23. The molecule has 0 aliphatic carbocycles. The Morgan fingerprint density at radius 3 is 2.52 bits per heavy atom. The number of sulfonamides is 1. The van der Waals surface area contributed by atoms with Crippen molar-refractivity contribution < 1.29 is 17.6 Å². The molecule has 0 aliphatic heterocycles. The molecule has 0 unspecified atom stereocenters. The number of carbonyl (C=O) groups excluding carboxylic acids is 1. The lowest BCUT2D eigenvalue weighted by Gasteiger charge is -2.30. The van der Waals surface area contributed by atoms with Gasteiger partial charge in [0.05, 0.1) is 11.9 Å². The highest BCUT2D eigenvalue weighted by Gasteiger charge is 2.31. The van der Waals surface area contributed by atoms with Crippen molar-refractivity contribution >= 4 is 45.0 Å². The van der Waals surface area contributed by atoms with E-state index >= 15 is 0 Å². The van der Waals surface area contributed by atoms with Gasteiger partial charge in [-0.15, -0.1) is 0 Å². The predicted molar refractivity (Wildman–Crippen MR) is 118 cm³/mol. The van der Waals surface area contributed by atoms with E-state index in [1.54, 1.807) is 18.7 Å². The van der Waals surface area contributed by atoms with Crippen LogP contribution in [0.25, 0.3) is 0 Å². The minimum atomic E-state index is -3.73. The summed E-state index contributed by atoms with van der Waals surface area (Å²) >= 11 is 7.60. The Bertz CT molecular complexity index is 924. The summed E-state index contributed by atoms with van der Waals surface area (Å²) in [5.41, 5.74) is 1.35. The van der Waals surface area contributed by atoms with Crippen LogP contribution in [0.2, 0.25) is 5.02 Å². The fourth-order valence-corrected chi connectivity index (χ4v) is 5.06. The van der Waals surface area contributed by atoms with Gasteiger partial charge in [0.25, 0.3) is 0 Å². The van der Waals surface area contributed by atoms with E-state index in [9.17, 15) is 17.6 Å². The van der Waals surface area contributed by atoms with Gasteiger partial charge in [0.1, 0.15) is 11.9 Å². The number of halogens is 2. The second kappa shape index (κ2) is 10.8. The number of amides is 1. The van der Waals surface area contributed by atoms with Crippen molar-refractivity contribution in [2.24, 2.45) is 0 Å². The molecule has 2 rings (SSSR count). The highest BCUT2D eigenvalue weighted by molar-refractivity contribution is 7.98. The minimum absolute atomic E-state index is 0.256. The molecule has 0 aliphatic rings. The van der Waals surface area contributed by atoms with Gasteiger partial charge >= 0.3 is 0 Å². The first-order chi connectivity index (χ1) is 13.7. The van der Waals surface area contributed by atoms with Gasteiger partial charge < -0.3 is 5.32 Å². The van der Waals surface area contributed by atoms with E-state index in [1.807, 2.05) is 24.3 Å². The van der Waals surface area contributed by atoms with Crippen LogP contribution < -0.4 is 9.62 Å². The zero-order valence-electron chi connectivity index (χ0n) is 16.3. The molecule has 9 heteroatoms. The number of thioether (sulfide) groups is 1. The van der Waals surface area contributed by atoms with Gasteiger partial charge in [0.2, 0.25) is 15.9 Å². The number of rotatable bonds is 10. The van der Waals surface area contributed by atoms with Crippen LogP contribution >= 0.6 is 23.4 Å². The van der Waals surface area contributed by atoms with Crippen LogP contribution in [0.15, 0.2) is 48.5 Å². The lowest BCUT2D eigenvalue weighted by Crippen LogP contribution is -2.49. The van der Waals surface area contributed by atoms with Gasteiger partial charge in [-0.25, -0.2) is 12.8 Å². The summed E-state index contributed by atoms with van der Waals surface area (Å²) < 4.78 is 38.9. The number of hydrogen-bond acceptors (Lipinski definition) is 4. The van der Waals surface area contributed by atoms with Crippen LogP contribution in [0.3, 0.4) is 0 Å². The van der Waals surface area contributed by atoms with Crippen molar-refractivity contribution in [1.82, 2.24) is 5.32 Å². The maximum absolute atomic E-state index is 13.2. The molecule has 2 aromatic rings. The van der Waals surface area contributed by atoms with Crippen LogP contribution in [-0.2, 0) is 20.6 Å². The van der Waals surface area contributed by atoms with Crippen LogP contribution in [-0.4, -0.2) is 38.9 Å². The molecule has 1 amide bonds. The third-order valence-corrected chi connectivity index (χ3v) is 6.56. The molecule has 0 fully saturated rings. The zero-order chi connectivity index (χ0) is 21.4. The Kier molecular flexibility index (Phi) is 8.79. The topological polar surface area (TPSA) is 66.5 Å².